The van der Waals surface area contributed by atoms with Gasteiger partial charge in [0.05, 0.1) is 6.10 Å². The molecular weight excluding hydrogens is 410 g/mol. The number of rotatable bonds is 17. The van der Waals surface area contributed by atoms with Crippen LogP contribution in [-0.4, -0.2) is 54.1 Å². The number of thiophene rings is 1. The summed E-state index contributed by atoms with van der Waals surface area (Å²) in [5, 5.41) is 16.3. The van der Waals surface area contributed by atoms with Crippen molar-refractivity contribution in [1.82, 2.24) is 10.2 Å². The first kappa shape index (κ1) is 27.6. The summed E-state index contributed by atoms with van der Waals surface area (Å²) in [5.74, 6) is -0.646. The molecule has 1 rings (SSSR count). The van der Waals surface area contributed by atoms with E-state index in [2.05, 4.69) is 33.0 Å². The van der Waals surface area contributed by atoms with E-state index >= 15 is 0 Å². The van der Waals surface area contributed by atoms with Gasteiger partial charge in [-0.3, -0.25) is 9.59 Å². The molecule has 0 spiro atoms. The average molecular weight is 454 g/mol. The summed E-state index contributed by atoms with van der Waals surface area (Å²) in [6.07, 6.45) is 3.38. The highest BCUT2D eigenvalue weighted by Gasteiger charge is 2.33. The van der Waals surface area contributed by atoms with Crippen molar-refractivity contribution < 1.29 is 14.7 Å². The van der Waals surface area contributed by atoms with E-state index in [1.165, 1.54) is 0 Å². The molecule has 4 N–H and O–H groups in total. The lowest BCUT2D eigenvalue weighted by molar-refractivity contribution is -0.132. The zero-order valence-corrected chi connectivity index (χ0v) is 20.6. The second kappa shape index (κ2) is 15.4. The molecule has 1 unspecified atom stereocenters. The SMILES string of the molecule is CCCN(CCC)C(=O)CCC(C(N)=O)[C@H](Cc1cccs1)[C@@H](O)CNCCC(C)C. The Balaban J connectivity index is 2.85. The van der Waals surface area contributed by atoms with Gasteiger partial charge >= 0.3 is 0 Å². The maximum Gasteiger partial charge on any atom is 0.222 e. The van der Waals surface area contributed by atoms with Crippen molar-refractivity contribution in [3.8, 4) is 0 Å². The standard InChI is InChI=1S/C24H43N3O3S/c1-5-13-27(14-6-2)23(29)10-9-20(24(25)30)21(16-19-8-7-15-31-19)22(28)17-26-12-11-18(3)4/h7-8,15,18,20-22,26,28H,5-6,9-14,16-17H2,1-4H3,(H2,25,30)/t20?,21-,22-/m0/s1. The Labute approximate surface area is 192 Å². The minimum absolute atomic E-state index is 0.0642. The van der Waals surface area contributed by atoms with Crippen LogP contribution in [0.15, 0.2) is 17.5 Å². The minimum atomic E-state index is -0.704. The largest absolute Gasteiger partial charge is 0.391 e. The van der Waals surface area contributed by atoms with Crippen LogP contribution in [0.5, 0.6) is 0 Å². The van der Waals surface area contributed by atoms with Gasteiger partial charge in [-0.25, -0.2) is 0 Å². The third-order valence-electron chi connectivity index (χ3n) is 5.65. The molecule has 0 aliphatic rings. The van der Waals surface area contributed by atoms with Gasteiger partial charge in [0.15, 0.2) is 0 Å². The first-order valence-corrected chi connectivity index (χ1v) is 12.7. The van der Waals surface area contributed by atoms with E-state index in [1.807, 2.05) is 22.4 Å². The highest BCUT2D eigenvalue weighted by atomic mass is 32.1. The zero-order chi connectivity index (χ0) is 23.2. The summed E-state index contributed by atoms with van der Waals surface area (Å²) in [6.45, 7) is 11.1. The van der Waals surface area contributed by atoms with Crippen LogP contribution in [0.4, 0.5) is 0 Å². The summed E-state index contributed by atoms with van der Waals surface area (Å²) in [7, 11) is 0. The van der Waals surface area contributed by atoms with Crippen LogP contribution in [0.25, 0.3) is 0 Å². The summed E-state index contributed by atoms with van der Waals surface area (Å²) in [6, 6.07) is 3.99. The molecule has 31 heavy (non-hydrogen) atoms. The first-order valence-electron chi connectivity index (χ1n) is 11.8. The van der Waals surface area contributed by atoms with Crippen LogP contribution in [0, 0.1) is 17.8 Å². The monoisotopic (exact) mass is 453 g/mol. The van der Waals surface area contributed by atoms with E-state index in [-0.39, 0.29) is 18.2 Å². The molecular formula is C24H43N3O3S. The van der Waals surface area contributed by atoms with E-state index in [0.717, 1.165) is 43.8 Å². The second-order valence-electron chi connectivity index (χ2n) is 8.83. The molecule has 1 heterocycles. The highest BCUT2D eigenvalue weighted by molar-refractivity contribution is 7.09. The molecule has 0 radical (unpaired) electrons. The fraction of sp³-hybridized carbons (Fsp3) is 0.750. The molecule has 0 aliphatic carbocycles. The second-order valence-corrected chi connectivity index (χ2v) is 9.86. The molecule has 1 aromatic rings. The smallest absolute Gasteiger partial charge is 0.222 e. The predicted molar refractivity (Wildman–Crippen MR) is 129 cm³/mol. The number of amides is 2. The van der Waals surface area contributed by atoms with E-state index in [1.54, 1.807) is 11.3 Å². The van der Waals surface area contributed by atoms with Crippen molar-refractivity contribution in [2.45, 2.75) is 72.3 Å². The van der Waals surface area contributed by atoms with Crippen molar-refractivity contribution in [2.75, 3.05) is 26.2 Å². The predicted octanol–water partition coefficient (Wildman–Crippen LogP) is 3.43. The maximum absolute atomic E-state index is 12.7. The topological polar surface area (TPSA) is 95.7 Å². The Bertz CT molecular complexity index is 616. The van der Waals surface area contributed by atoms with Crippen molar-refractivity contribution >= 4 is 23.2 Å². The lowest BCUT2D eigenvalue weighted by Crippen LogP contribution is -2.43. The number of carbonyl (C=O) groups excluding carboxylic acids is 2. The van der Waals surface area contributed by atoms with Crippen molar-refractivity contribution in [3.63, 3.8) is 0 Å². The van der Waals surface area contributed by atoms with Gasteiger partial charge in [-0.2, -0.15) is 0 Å². The number of nitrogens with zero attached hydrogens (tertiary/aromatic N) is 1. The molecule has 0 bridgehead atoms. The van der Waals surface area contributed by atoms with Gasteiger partial charge < -0.3 is 21.1 Å². The Morgan fingerprint density at radius 2 is 1.87 bits per heavy atom. The number of hydrogen-bond acceptors (Lipinski definition) is 5. The number of carbonyl (C=O) groups is 2. The lowest BCUT2D eigenvalue weighted by Gasteiger charge is -2.30. The van der Waals surface area contributed by atoms with Gasteiger partial charge in [0.25, 0.3) is 0 Å². The fourth-order valence-electron chi connectivity index (χ4n) is 3.91. The minimum Gasteiger partial charge on any atom is -0.391 e. The lowest BCUT2D eigenvalue weighted by atomic mass is 9.80. The summed E-state index contributed by atoms with van der Waals surface area (Å²) >= 11 is 1.61. The third kappa shape index (κ3) is 10.6. The molecule has 1 aromatic heterocycles. The number of nitrogens with one attached hydrogen (secondary N) is 1. The van der Waals surface area contributed by atoms with Gasteiger partial charge in [0.1, 0.15) is 0 Å². The Kier molecular flexibility index (Phi) is 13.7. The van der Waals surface area contributed by atoms with Gasteiger partial charge in [-0.05, 0) is 56.0 Å². The molecule has 7 heteroatoms. The Hall–Kier alpha value is -1.44. The van der Waals surface area contributed by atoms with Gasteiger partial charge in [-0.1, -0.05) is 33.8 Å². The fourth-order valence-corrected chi connectivity index (χ4v) is 4.68. The van der Waals surface area contributed by atoms with Crippen LogP contribution in [0.3, 0.4) is 0 Å². The first-order chi connectivity index (χ1) is 14.8. The number of nitrogens with two attached hydrogens (primary N) is 1. The average Bonchev–Trinajstić information content (AvgIpc) is 3.22. The quantitative estimate of drug-likeness (QED) is 0.315. The molecule has 3 atom stereocenters. The van der Waals surface area contributed by atoms with E-state index < -0.39 is 17.9 Å². The zero-order valence-electron chi connectivity index (χ0n) is 19.8. The molecule has 178 valence electrons. The number of hydrogen-bond donors (Lipinski definition) is 3. The third-order valence-corrected chi connectivity index (χ3v) is 6.55. The molecule has 6 nitrogen and oxygen atoms in total. The van der Waals surface area contributed by atoms with Gasteiger partial charge in [0.2, 0.25) is 11.8 Å². The summed E-state index contributed by atoms with van der Waals surface area (Å²) in [4.78, 5) is 28.1. The van der Waals surface area contributed by atoms with Crippen molar-refractivity contribution in [2.24, 2.45) is 23.5 Å². The highest BCUT2D eigenvalue weighted by Crippen LogP contribution is 2.27. The normalized spacial score (nSPS) is 14.4. The maximum atomic E-state index is 12.7. The van der Waals surface area contributed by atoms with E-state index in [4.69, 9.17) is 5.73 Å². The molecule has 0 saturated carbocycles. The number of aliphatic hydroxyl groups excluding tert-OH is 1. The van der Waals surface area contributed by atoms with Crippen LogP contribution < -0.4 is 11.1 Å². The van der Waals surface area contributed by atoms with Crippen molar-refractivity contribution in [1.29, 1.82) is 0 Å². The van der Waals surface area contributed by atoms with E-state index in [9.17, 15) is 14.7 Å². The molecule has 0 fully saturated rings. The molecule has 2 amide bonds. The van der Waals surface area contributed by atoms with Crippen LogP contribution in [0.2, 0.25) is 0 Å². The van der Waals surface area contributed by atoms with Crippen LogP contribution in [0.1, 0.15) is 64.7 Å². The van der Waals surface area contributed by atoms with Crippen LogP contribution >= 0.6 is 11.3 Å². The Morgan fingerprint density at radius 1 is 1.19 bits per heavy atom. The number of primary amides is 1. The van der Waals surface area contributed by atoms with Gasteiger partial charge in [-0.15, -0.1) is 11.3 Å². The Morgan fingerprint density at radius 3 is 2.39 bits per heavy atom. The summed E-state index contributed by atoms with van der Waals surface area (Å²) < 4.78 is 0. The molecule has 0 aliphatic heterocycles. The summed E-state index contributed by atoms with van der Waals surface area (Å²) in [5.41, 5.74) is 5.79. The number of aliphatic hydroxyl groups is 1. The van der Waals surface area contributed by atoms with Gasteiger partial charge in [0, 0.05) is 42.8 Å². The van der Waals surface area contributed by atoms with E-state index in [0.29, 0.717) is 25.3 Å². The molecule has 0 saturated heterocycles. The van der Waals surface area contributed by atoms with Crippen molar-refractivity contribution in [3.05, 3.63) is 22.4 Å². The molecule has 0 aromatic carbocycles. The van der Waals surface area contributed by atoms with Crippen LogP contribution in [-0.2, 0) is 16.0 Å².